The number of rotatable bonds is 4. The fourth-order valence-corrected chi connectivity index (χ4v) is 1.14. The number of aliphatic carboxylic acids is 1. The smallest absolute Gasteiger partial charge is 0.160 e. The van der Waals surface area contributed by atoms with Crippen molar-refractivity contribution < 1.29 is 19.7 Å². The van der Waals surface area contributed by atoms with Gasteiger partial charge in [-0.15, -0.1) is 0 Å². The molecule has 0 aromatic heterocycles. The van der Waals surface area contributed by atoms with Crippen LogP contribution in [0.5, 0.6) is 11.5 Å². The van der Waals surface area contributed by atoms with Crippen molar-refractivity contribution in [3.63, 3.8) is 0 Å². The number of aromatic hydroxyl groups is 1. The van der Waals surface area contributed by atoms with Crippen molar-refractivity contribution in [2.45, 2.75) is 12.8 Å². The van der Waals surface area contributed by atoms with Crippen molar-refractivity contribution in [1.29, 1.82) is 0 Å². The van der Waals surface area contributed by atoms with E-state index in [4.69, 9.17) is 4.74 Å². The van der Waals surface area contributed by atoms with Crippen LogP contribution in [0.4, 0.5) is 0 Å². The number of hydrogen-bond acceptors (Lipinski definition) is 4. The fraction of sp³-hybridized carbons (Fsp3) is 0.300. The highest BCUT2D eigenvalue weighted by Crippen LogP contribution is 2.26. The standard InChI is InChI=1S/C10H12O4/c1-14-9-4-2-7(6-8(9)11)3-5-10(12)13/h2,4,6,11H,3,5H2,1H3,(H,12,13)/p-1. The van der Waals surface area contributed by atoms with Crippen molar-refractivity contribution in [3.05, 3.63) is 23.8 Å². The summed E-state index contributed by atoms with van der Waals surface area (Å²) in [6, 6.07) is 4.79. The van der Waals surface area contributed by atoms with Crippen LogP contribution in [0.15, 0.2) is 18.2 Å². The summed E-state index contributed by atoms with van der Waals surface area (Å²) >= 11 is 0. The number of aryl methyl sites for hydroxylation is 1. The number of benzene rings is 1. The summed E-state index contributed by atoms with van der Waals surface area (Å²) in [6.45, 7) is 0. The molecule has 4 nitrogen and oxygen atoms in total. The lowest BCUT2D eigenvalue weighted by Crippen LogP contribution is -2.22. The lowest BCUT2D eigenvalue weighted by Gasteiger charge is -2.06. The Kier molecular flexibility index (Phi) is 3.34. The number of hydrogen-bond donors (Lipinski definition) is 1. The van der Waals surface area contributed by atoms with E-state index in [1.54, 1.807) is 12.1 Å². The Morgan fingerprint density at radius 2 is 2.29 bits per heavy atom. The van der Waals surface area contributed by atoms with Gasteiger partial charge in [0.05, 0.1) is 7.11 Å². The highest BCUT2D eigenvalue weighted by molar-refractivity contribution is 5.64. The molecule has 0 bridgehead atoms. The Morgan fingerprint density at radius 1 is 1.57 bits per heavy atom. The van der Waals surface area contributed by atoms with E-state index in [2.05, 4.69) is 0 Å². The Bertz CT molecular complexity index is 333. The maximum Gasteiger partial charge on any atom is 0.160 e. The van der Waals surface area contributed by atoms with Gasteiger partial charge in [0.25, 0.3) is 0 Å². The molecule has 0 radical (unpaired) electrons. The molecule has 0 unspecified atom stereocenters. The van der Waals surface area contributed by atoms with Crippen LogP contribution in [-0.4, -0.2) is 18.2 Å². The van der Waals surface area contributed by atoms with Gasteiger partial charge in [-0.3, -0.25) is 0 Å². The van der Waals surface area contributed by atoms with E-state index >= 15 is 0 Å². The third-order valence-corrected chi connectivity index (χ3v) is 1.86. The molecule has 76 valence electrons. The normalized spacial score (nSPS) is 9.79. The number of phenols is 1. The summed E-state index contributed by atoms with van der Waals surface area (Å²) in [5.74, 6) is -0.703. The predicted octanol–water partition coefficient (Wildman–Crippen LogP) is 0.0833. The van der Waals surface area contributed by atoms with E-state index < -0.39 is 5.97 Å². The number of methoxy groups -OCH3 is 1. The molecule has 0 atom stereocenters. The molecule has 0 fully saturated rings. The van der Waals surface area contributed by atoms with Crippen LogP contribution < -0.4 is 9.84 Å². The summed E-state index contributed by atoms with van der Waals surface area (Å²) in [5.41, 5.74) is 0.743. The Morgan fingerprint density at radius 3 is 2.79 bits per heavy atom. The molecule has 1 N–H and O–H groups in total. The molecular formula is C10H11O4-. The average Bonchev–Trinajstić information content (AvgIpc) is 2.15. The van der Waals surface area contributed by atoms with Crippen LogP contribution in [0.2, 0.25) is 0 Å². The first-order valence-corrected chi connectivity index (χ1v) is 4.19. The first-order valence-electron chi connectivity index (χ1n) is 4.19. The molecule has 1 rings (SSSR count). The molecule has 0 saturated carbocycles. The van der Waals surface area contributed by atoms with Gasteiger partial charge in [0.1, 0.15) is 0 Å². The van der Waals surface area contributed by atoms with Gasteiger partial charge in [0, 0.05) is 5.97 Å². The van der Waals surface area contributed by atoms with Crippen LogP contribution in [-0.2, 0) is 11.2 Å². The van der Waals surface area contributed by atoms with Crippen LogP contribution in [0.1, 0.15) is 12.0 Å². The van der Waals surface area contributed by atoms with Crippen LogP contribution in [0, 0.1) is 0 Å². The number of carbonyl (C=O) groups excluding carboxylic acids is 1. The van der Waals surface area contributed by atoms with E-state index in [0.717, 1.165) is 5.56 Å². The van der Waals surface area contributed by atoms with Gasteiger partial charge in [-0.1, -0.05) is 6.07 Å². The summed E-state index contributed by atoms with van der Waals surface area (Å²) in [5, 5.41) is 19.6. The fourth-order valence-electron chi connectivity index (χ4n) is 1.14. The number of carboxylic acids is 1. The summed E-state index contributed by atoms with van der Waals surface area (Å²) < 4.78 is 4.85. The number of ether oxygens (including phenoxy) is 1. The quantitative estimate of drug-likeness (QED) is 0.738. The zero-order chi connectivity index (χ0) is 10.6. The largest absolute Gasteiger partial charge is 0.550 e. The monoisotopic (exact) mass is 195 g/mol. The van der Waals surface area contributed by atoms with Crippen molar-refractivity contribution in [1.82, 2.24) is 0 Å². The second-order valence-electron chi connectivity index (χ2n) is 2.88. The molecule has 1 aromatic rings. The highest BCUT2D eigenvalue weighted by Gasteiger charge is 2.01. The third kappa shape index (κ3) is 2.65. The van der Waals surface area contributed by atoms with Crippen LogP contribution in [0.25, 0.3) is 0 Å². The molecule has 14 heavy (non-hydrogen) atoms. The minimum Gasteiger partial charge on any atom is -0.550 e. The molecule has 0 saturated heterocycles. The van der Waals surface area contributed by atoms with Gasteiger partial charge >= 0.3 is 0 Å². The lowest BCUT2D eigenvalue weighted by atomic mass is 10.1. The minimum atomic E-state index is -1.10. The zero-order valence-electron chi connectivity index (χ0n) is 7.82. The zero-order valence-corrected chi connectivity index (χ0v) is 7.82. The highest BCUT2D eigenvalue weighted by atomic mass is 16.5. The first-order chi connectivity index (χ1) is 6.63. The second kappa shape index (κ2) is 4.50. The predicted molar refractivity (Wildman–Crippen MR) is 48.0 cm³/mol. The molecule has 0 aliphatic carbocycles. The van der Waals surface area contributed by atoms with E-state index in [0.29, 0.717) is 12.2 Å². The van der Waals surface area contributed by atoms with Gasteiger partial charge in [-0.2, -0.15) is 0 Å². The van der Waals surface area contributed by atoms with Crippen LogP contribution >= 0.6 is 0 Å². The van der Waals surface area contributed by atoms with Crippen molar-refractivity contribution >= 4 is 5.97 Å². The number of carboxylic acid groups (broad SMARTS) is 1. The molecule has 0 amide bonds. The summed E-state index contributed by atoms with van der Waals surface area (Å²) in [6.07, 6.45) is 0.297. The maximum atomic E-state index is 10.2. The summed E-state index contributed by atoms with van der Waals surface area (Å²) in [4.78, 5) is 10.2. The van der Waals surface area contributed by atoms with Crippen molar-refractivity contribution in [3.8, 4) is 11.5 Å². The average molecular weight is 195 g/mol. The van der Waals surface area contributed by atoms with Crippen LogP contribution in [0.3, 0.4) is 0 Å². The molecule has 0 heterocycles. The molecule has 0 spiro atoms. The van der Waals surface area contributed by atoms with Crippen molar-refractivity contribution in [2.24, 2.45) is 0 Å². The first kappa shape index (κ1) is 10.4. The number of carbonyl (C=O) groups is 1. The molecule has 4 heteroatoms. The van der Waals surface area contributed by atoms with Crippen molar-refractivity contribution in [2.75, 3.05) is 7.11 Å². The second-order valence-corrected chi connectivity index (χ2v) is 2.88. The maximum absolute atomic E-state index is 10.2. The lowest BCUT2D eigenvalue weighted by molar-refractivity contribution is -0.305. The third-order valence-electron chi connectivity index (χ3n) is 1.86. The molecule has 1 aromatic carbocycles. The van der Waals surface area contributed by atoms with Gasteiger partial charge in [0.15, 0.2) is 11.5 Å². The Hall–Kier alpha value is -1.71. The Labute approximate surface area is 81.8 Å². The summed E-state index contributed by atoms with van der Waals surface area (Å²) in [7, 11) is 1.45. The molecule has 0 aliphatic rings. The Balaban J connectivity index is 2.71. The van der Waals surface area contributed by atoms with Gasteiger partial charge in [-0.05, 0) is 30.5 Å². The van der Waals surface area contributed by atoms with E-state index in [1.165, 1.54) is 13.2 Å². The van der Waals surface area contributed by atoms with E-state index in [9.17, 15) is 15.0 Å². The minimum absolute atomic E-state index is 0.0170. The molecule has 0 aliphatic heterocycles. The van der Waals surface area contributed by atoms with Gasteiger partial charge in [-0.25, -0.2) is 0 Å². The van der Waals surface area contributed by atoms with E-state index in [1.807, 2.05) is 0 Å². The van der Waals surface area contributed by atoms with Gasteiger partial charge < -0.3 is 19.7 Å². The number of phenolic OH excluding ortho intramolecular Hbond substituents is 1. The topological polar surface area (TPSA) is 69.6 Å². The van der Waals surface area contributed by atoms with E-state index in [-0.39, 0.29) is 12.2 Å². The van der Waals surface area contributed by atoms with Gasteiger partial charge in [0.2, 0.25) is 0 Å². The SMILES string of the molecule is COc1ccc(CCC(=O)[O-])cc1O. The molecular weight excluding hydrogens is 184 g/mol.